The molecule has 1 aliphatic heterocycles. The van der Waals surface area contributed by atoms with Crippen LogP contribution in [-0.4, -0.2) is 39.0 Å². The summed E-state index contributed by atoms with van der Waals surface area (Å²) >= 11 is 3.34. The van der Waals surface area contributed by atoms with Crippen LogP contribution < -0.4 is 10.5 Å². The number of nitrogens with zero attached hydrogens (tertiary/aromatic N) is 1. The molecule has 3 atom stereocenters. The van der Waals surface area contributed by atoms with Gasteiger partial charge in [-0.1, -0.05) is 0 Å². The van der Waals surface area contributed by atoms with Crippen molar-refractivity contribution in [2.75, 3.05) is 20.2 Å². The Labute approximate surface area is 145 Å². The Morgan fingerprint density at radius 1 is 1.32 bits per heavy atom. The first kappa shape index (κ1) is 18.0. The second-order valence-corrected chi connectivity index (χ2v) is 8.58. The van der Waals surface area contributed by atoms with Gasteiger partial charge in [0.25, 0.3) is 0 Å². The van der Waals surface area contributed by atoms with Gasteiger partial charge in [0.15, 0.2) is 0 Å². The number of sulfonamides is 1. The summed E-state index contributed by atoms with van der Waals surface area (Å²) in [6.07, 6.45) is 2.04. The van der Waals surface area contributed by atoms with E-state index in [4.69, 9.17) is 10.5 Å². The molecule has 1 saturated heterocycles. The number of benzene rings is 1. The van der Waals surface area contributed by atoms with Crippen LogP contribution in [0.5, 0.6) is 5.75 Å². The molecule has 22 heavy (non-hydrogen) atoms. The minimum Gasteiger partial charge on any atom is -0.496 e. The number of hydrogen-bond donors (Lipinski definition) is 1. The maximum absolute atomic E-state index is 12.8. The van der Waals surface area contributed by atoms with Gasteiger partial charge in [-0.2, -0.15) is 4.31 Å². The highest BCUT2D eigenvalue weighted by molar-refractivity contribution is 9.10. The van der Waals surface area contributed by atoms with E-state index in [9.17, 15) is 8.42 Å². The molecule has 5 nitrogen and oxygen atoms in total. The van der Waals surface area contributed by atoms with Crippen molar-refractivity contribution in [3.05, 3.63) is 22.7 Å². The second-order valence-electron chi connectivity index (χ2n) is 5.78. The van der Waals surface area contributed by atoms with Crippen LogP contribution in [0.25, 0.3) is 0 Å². The van der Waals surface area contributed by atoms with Crippen LogP contribution in [0, 0.1) is 11.8 Å². The highest BCUT2D eigenvalue weighted by atomic mass is 79.9. The Kier molecular flexibility index (Phi) is 5.44. The summed E-state index contributed by atoms with van der Waals surface area (Å²) in [7, 11) is -1.95. The molecule has 2 fully saturated rings. The molecule has 2 aliphatic rings. The molecule has 1 heterocycles. The molecule has 0 spiro atoms. The molecule has 2 N–H and O–H groups in total. The van der Waals surface area contributed by atoms with Gasteiger partial charge >= 0.3 is 0 Å². The molecule has 0 amide bonds. The zero-order chi connectivity index (χ0) is 15.2. The Morgan fingerprint density at radius 2 is 2.05 bits per heavy atom. The lowest BCUT2D eigenvalue weighted by Crippen LogP contribution is -2.33. The predicted molar refractivity (Wildman–Crippen MR) is 90.9 cm³/mol. The molecule has 8 heteroatoms. The average Bonchev–Trinajstić information content (AvgIpc) is 3.02. The third-order valence-electron chi connectivity index (χ3n) is 4.64. The topological polar surface area (TPSA) is 72.6 Å². The maximum atomic E-state index is 12.8. The van der Waals surface area contributed by atoms with E-state index in [1.54, 1.807) is 22.5 Å². The Bertz CT molecular complexity index is 655. The molecule has 1 aromatic carbocycles. The van der Waals surface area contributed by atoms with Crippen molar-refractivity contribution in [2.45, 2.75) is 23.8 Å². The number of halogens is 2. The van der Waals surface area contributed by atoms with Crippen LogP contribution in [0.2, 0.25) is 0 Å². The van der Waals surface area contributed by atoms with Gasteiger partial charge in [-0.3, -0.25) is 0 Å². The predicted octanol–water partition coefficient (Wildman–Crippen LogP) is 2.24. The Morgan fingerprint density at radius 3 is 2.68 bits per heavy atom. The Balaban J connectivity index is 0.00000176. The lowest BCUT2D eigenvalue weighted by atomic mass is 9.98. The molecular weight excluding hydrogens is 392 g/mol. The van der Waals surface area contributed by atoms with Gasteiger partial charge < -0.3 is 10.5 Å². The molecule has 3 rings (SSSR count). The van der Waals surface area contributed by atoms with Gasteiger partial charge in [0.2, 0.25) is 10.0 Å². The van der Waals surface area contributed by atoms with Crippen LogP contribution in [0.3, 0.4) is 0 Å². The van der Waals surface area contributed by atoms with Crippen molar-refractivity contribution in [3.63, 3.8) is 0 Å². The maximum Gasteiger partial charge on any atom is 0.243 e. The van der Waals surface area contributed by atoms with Gasteiger partial charge in [0.05, 0.1) is 16.5 Å². The number of ether oxygens (including phenoxy) is 1. The summed E-state index contributed by atoms with van der Waals surface area (Å²) in [5, 5.41) is 0. The quantitative estimate of drug-likeness (QED) is 0.828. The molecule has 0 radical (unpaired) electrons. The first-order valence-electron chi connectivity index (χ1n) is 7.02. The fourth-order valence-electron chi connectivity index (χ4n) is 3.41. The first-order chi connectivity index (χ1) is 9.93. The lowest BCUT2D eigenvalue weighted by Gasteiger charge is -2.19. The number of nitrogens with two attached hydrogens (primary N) is 1. The molecule has 1 aromatic rings. The van der Waals surface area contributed by atoms with Gasteiger partial charge in [-0.15, -0.1) is 12.4 Å². The van der Waals surface area contributed by atoms with Crippen molar-refractivity contribution in [1.29, 1.82) is 0 Å². The highest BCUT2D eigenvalue weighted by Gasteiger charge is 2.45. The molecule has 3 unspecified atom stereocenters. The monoisotopic (exact) mass is 410 g/mol. The molecule has 1 aliphatic carbocycles. The van der Waals surface area contributed by atoms with Crippen molar-refractivity contribution < 1.29 is 13.2 Å². The zero-order valence-electron chi connectivity index (χ0n) is 12.2. The molecular formula is C14H20BrClN2O3S. The molecule has 0 aromatic heterocycles. The van der Waals surface area contributed by atoms with Gasteiger partial charge in [-0.05, 0) is 52.7 Å². The fourth-order valence-corrected chi connectivity index (χ4v) is 5.37. The van der Waals surface area contributed by atoms with E-state index in [-0.39, 0.29) is 23.3 Å². The van der Waals surface area contributed by atoms with E-state index in [0.717, 1.165) is 17.3 Å². The summed E-state index contributed by atoms with van der Waals surface area (Å²) in [5.41, 5.74) is 6.08. The van der Waals surface area contributed by atoms with E-state index in [2.05, 4.69) is 15.9 Å². The van der Waals surface area contributed by atoms with Crippen LogP contribution in [-0.2, 0) is 10.0 Å². The standard InChI is InChI=1S/C14H19BrN2O3S.ClH/c1-20-14-6-10(3-4-12(14)15)21(18,19)17-7-9-2-5-13(16)11(9)8-17;/h3-4,6,9,11,13H,2,5,7-8,16H2,1H3;1H. The summed E-state index contributed by atoms with van der Waals surface area (Å²) in [5.74, 6) is 1.23. The summed E-state index contributed by atoms with van der Waals surface area (Å²) in [6, 6.07) is 5.01. The second kappa shape index (κ2) is 6.65. The van der Waals surface area contributed by atoms with E-state index in [1.807, 2.05) is 0 Å². The van der Waals surface area contributed by atoms with Gasteiger partial charge in [0, 0.05) is 25.2 Å². The Hall–Kier alpha value is -0.340. The largest absolute Gasteiger partial charge is 0.496 e. The third kappa shape index (κ3) is 3.01. The smallest absolute Gasteiger partial charge is 0.243 e. The summed E-state index contributed by atoms with van der Waals surface area (Å²) in [4.78, 5) is 0.274. The van der Waals surface area contributed by atoms with Gasteiger partial charge in [-0.25, -0.2) is 8.42 Å². The van der Waals surface area contributed by atoms with E-state index < -0.39 is 10.0 Å². The van der Waals surface area contributed by atoms with Crippen LogP contribution in [0.4, 0.5) is 0 Å². The van der Waals surface area contributed by atoms with Crippen molar-refractivity contribution in [3.8, 4) is 5.75 Å². The number of hydrogen-bond acceptors (Lipinski definition) is 4. The average molecular weight is 412 g/mol. The molecule has 1 saturated carbocycles. The lowest BCUT2D eigenvalue weighted by molar-refractivity contribution is 0.408. The van der Waals surface area contributed by atoms with Crippen LogP contribution in [0.15, 0.2) is 27.6 Å². The number of methoxy groups -OCH3 is 1. The minimum atomic E-state index is -3.48. The zero-order valence-corrected chi connectivity index (χ0v) is 15.5. The molecule has 124 valence electrons. The number of rotatable bonds is 3. The SMILES string of the molecule is COc1cc(S(=O)(=O)N2CC3CCC(N)C3C2)ccc1Br.Cl. The third-order valence-corrected chi connectivity index (χ3v) is 7.12. The molecule has 0 bridgehead atoms. The van der Waals surface area contributed by atoms with Crippen LogP contribution >= 0.6 is 28.3 Å². The van der Waals surface area contributed by atoms with E-state index in [1.165, 1.54) is 7.11 Å². The normalized spacial score (nSPS) is 28.2. The summed E-state index contributed by atoms with van der Waals surface area (Å²) in [6.45, 7) is 1.12. The summed E-state index contributed by atoms with van der Waals surface area (Å²) < 4.78 is 33.0. The van der Waals surface area contributed by atoms with E-state index >= 15 is 0 Å². The van der Waals surface area contributed by atoms with Crippen molar-refractivity contribution >= 4 is 38.4 Å². The highest BCUT2D eigenvalue weighted by Crippen LogP contribution is 2.39. The van der Waals surface area contributed by atoms with Gasteiger partial charge in [0.1, 0.15) is 5.75 Å². The van der Waals surface area contributed by atoms with E-state index in [0.29, 0.717) is 30.7 Å². The minimum absolute atomic E-state index is 0. The van der Waals surface area contributed by atoms with Crippen molar-refractivity contribution in [2.24, 2.45) is 17.6 Å². The van der Waals surface area contributed by atoms with Crippen molar-refractivity contribution in [1.82, 2.24) is 4.31 Å². The first-order valence-corrected chi connectivity index (χ1v) is 9.26. The number of fused-ring (bicyclic) bond motifs is 1. The fraction of sp³-hybridized carbons (Fsp3) is 0.571. The van der Waals surface area contributed by atoms with Crippen LogP contribution in [0.1, 0.15) is 12.8 Å².